The van der Waals surface area contributed by atoms with Crippen molar-refractivity contribution >= 4 is 0 Å². The Kier molecular flexibility index (Phi) is 3.03. The first-order chi connectivity index (χ1) is 5.22. The van der Waals surface area contributed by atoms with Crippen LogP contribution in [0.15, 0.2) is 12.7 Å². The molecular weight excluding hydrogens is 146 g/mol. The van der Waals surface area contributed by atoms with Crippen LogP contribution in [0.25, 0.3) is 0 Å². The van der Waals surface area contributed by atoms with Crippen LogP contribution in [0, 0.1) is 5.92 Å². The van der Waals surface area contributed by atoms with Gasteiger partial charge in [0.05, 0.1) is 0 Å². The number of hydrogen-bond acceptors (Lipinski definition) is 0. The van der Waals surface area contributed by atoms with Gasteiger partial charge in [-0.15, -0.1) is 6.58 Å². The predicted molar refractivity (Wildman–Crippen MR) is 41.9 cm³/mol. The quantitative estimate of drug-likeness (QED) is 0.545. The van der Waals surface area contributed by atoms with Crippen LogP contribution < -0.4 is 0 Å². The summed E-state index contributed by atoms with van der Waals surface area (Å²) in [6.45, 7) is 3.56. The first-order valence-electron chi connectivity index (χ1n) is 4.11. The average molecular weight is 160 g/mol. The zero-order valence-electron chi connectivity index (χ0n) is 6.60. The fraction of sp³-hybridized carbons (Fsp3) is 0.778. The van der Waals surface area contributed by atoms with Gasteiger partial charge in [0.25, 0.3) is 0 Å². The van der Waals surface area contributed by atoms with Crippen molar-refractivity contribution in [2.24, 2.45) is 5.92 Å². The van der Waals surface area contributed by atoms with E-state index in [4.69, 9.17) is 0 Å². The third kappa shape index (κ3) is 2.60. The van der Waals surface area contributed by atoms with Crippen molar-refractivity contribution in [1.29, 1.82) is 0 Å². The summed E-state index contributed by atoms with van der Waals surface area (Å²) in [5.74, 6) is 0.186. The van der Waals surface area contributed by atoms with Gasteiger partial charge in [-0.25, -0.2) is 8.78 Å². The Morgan fingerprint density at radius 1 is 1.18 bits per heavy atom. The largest absolute Gasteiger partial charge is 0.247 e. The second-order valence-electron chi connectivity index (χ2n) is 3.29. The van der Waals surface area contributed by atoms with Crippen LogP contribution >= 0.6 is 0 Å². The maximum atomic E-state index is 12.7. The molecule has 0 N–H and O–H groups in total. The molecule has 0 saturated heterocycles. The zero-order chi connectivity index (χ0) is 8.27. The molecule has 0 aliphatic heterocycles. The molecular formula is C9H14F2. The highest BCUT2D eigenvalue weighted by atomic mass is 19.1. The molecule has 0 heterocycles. The van der Waals surface area contributed by atoms with Gasteiger partial charge in [-0.05, 0) is 25.2 Å². The highest BCUT2D eigenvalue weighted by Crippen LogP contribution is 2.30. The third-order valence-electron chi connectivity index (χ3n) is 2.19. The topological polar surface area (TPSA) is 0 Å². The Morgan fingerprint density at radius 3 is 2.18 bits per heavy atom. The second kappa shape index (κ2) is 3.84. The summed E-state index contributed by atoms with van der Waals surface area (Å²) in [5, 5.41) is 0. The SMILES string of the molecule is C=CC[C@@H]1CC(F)C[C@H](F)C1. The molecule has 1 fully saturated rings. The Morgan fingerprint density at radius 2 is 1.73 bits per heavy atom. The maximum Gasteiger partial charge on any atom is 0.103 e. The van der Waals surface area contributed by atoms with Crippen LogP contribution in [0.2, 0.25) is 0 Å². The molecule has 1 rings (SSSR count). The lowest BCUT2D eigenvalue weighted by atomic mass is 9.85. The van der Waals surface area contributed by atoms with Gasteiger partial charge in [0.1, 0.15) is 12.3 Å². The molecule has 1 saturated carbocycles. The Bertz CT molecular complexity index is 124. The first kappa shape index (κ1) is 8.69. The van der Waals surface area contributed by atoms with E-state index < -0.39 is 12.3 Å². The summed E-state index contributed by atoms with van der Waals surface area (Å²) in [7, 11) is 0. The number of halogens is 2. The highest BCUT2D eigenvalue weighted by molar-refractivity contribution is 4.83. The van der Waals surface area contributed by atoms with E-state index in [9.17, 15) is 8.78 Å². The molecule has 64 valence electrons. The Labute approximate surface area is 66.3 Å². The van der Waals surface area contributed by atoms with Crippen LogP contribution in [0.3, 0.4) is 0 Å². The van der Waals surface area contributed by atoms with Gasteiger partial charge >= 0.3 is 0 Å². The van der Waals surface area contributed by atoms with Gasteiger partial charge in [0.2, 0.25) is 0 Å². The molecule has 0 aromatic rings. The van der Waals surface area contributed by atoms with E-state index in [0.717, 1.165) is 6.42 Å². The van der Waals surface area contributed by atoms with E-state index in [1.54, 1.807) is 6.08 Å². The molecule has 0 nitrogen and oxygen atoms in total. The molecule has 0 spiro atoms. The van der Waals surface area contributed by atoms with Crippen LogP contribution in [0.1, 0.15) is 25.7 Å². The fourth-order valence-corrected chi connectivity index (χ4v) is 1.72. The molecule has 1 unspecified atom stereocenters. The van der Waals surface area contributed by atoms with Gasteiger partial charge in [0.15, 0.2) is 0 Å². The van der Waals surface area contributed by atoms with Crippen LogP contribution in [-0.4, -0.2) is 12.3 Å². The van der Waals surface area contributed by atoms with Crippen LogP contribution in [-0.2, 0) is 0 Å². The molecule has 0 amide bonds. The molecule has 0 radical (unpaired) electrons. The van der Waals surface area contributed by atoms with E-state index in [-0.39, 0.29) is 12.3 Å². The molecule has 0 aromatic heterocycles. The number of alkyl halides is 2. The first-order valence-corrected chi connectivity index (χ1v) is 4.11. The van der Waals surface area contributed by atoms with Gasteiger partial charge in [-0.2, -0.15) is 0 Å². The minimum Gasteiger partial charge on any atom is -0.247 e. The molecule has 0 bridgehead atoms. The number of hydrogen-bond donors (Lipinski definition) is 0. The van der Waals surface area contributed by atoms with Crippen LogP contribution in [0.5, 0.6) is 0 Å². The second-order valence-corrected chi connectivity index (χ2v) is 3.29. The lowest BCUT2D eigenvalue weighted by Gasteiger charge is -2.26. The lowest BCUT2D eigenvalue weighted by Crippen LogP contribution is -2.24. The monoisotopic (exact) mass is 160 g/mol. The standard InChI is InChI=1S/C9H14F2/c1-2-3-7-4-8(10)6-9(11)5-7/h2,7-9H,1,3-6H2/t7-,8+,9?/m0/s1. The van der Waals surface area contributed by atoms with Gasteiger partial charge in [-0.3, -0.25) is 0 Å². The molecule has 1 aliphatic rings. The number of allylic oxidation sites excluding steroid dienone is 1. The van der Waals surface area contributed by atoms with Crippen molar-refractivity contribution in [2.75, 3.05) is 0 Å². The zero-order valence-corrected chi connectivity index (χ0v) is 6.60. The van der Waals surface area contributed by atoms with Crippen molar-refractivity contribution in [2.45, 2.75) is 38.0 Å². The van der Waals surface area contributed by atoms with Crippen molar-refractivity contribution in [3.05, 3.63) is 12.7 Å². The molecule has 3 atom stereocenters. The summed E-state index contributed by atoms with van der Waals surface area (Å²) in [6, 6.07) is 0. The summed E-state index contributed by atoms with van der Waals surface area (Å²) in [5.41, 5.74) is 0. The molecule has 11 heavy (non-hydrogen) atoms. The van der Waals surface area contributed by atoms with Gasteiger partial charge in [-0.1, -0.05) is 6.08 Å². The van der Waals surface area contributed by atoms with Gasteiger partial charge in [0, 0.05) is 6.42 Å². The third-order valence-corrected chi connectivity index (χ3v) is 2.19. The fourth-order valence-electron chi connectivity index (χ4n) is 1.72. The minimum absolute atomic E-state index is 0.105. The summed E-state index contributed by atoms with van der Waals surface area (Å²) in [6.07, 6.45) is 1.79. The lowest BCUT2D eigenvalue weighted by molar-refractivity contribution is 0.117. The highest BCUT2D eigenvalue weighted by Gasteiger charge is 2.27. The molecule has 2 heteroatoms. The smallest absolute Gasteiger partial charge is 0.103 e. The Hall–Kier alpha value is -0.400. The van der Waals surface area contributed by atoms with Gasteiger partial charge < -0.3 is 0 Å². The molecule has 0 aromatic carbocycles. The van der Waals surface area contributed by atoms with E-state index in [1.807, 2.05) is 0 Å². The van der Waals surface area contributed by atoms with Crippen LogP contribution in [0.4, 0.5) is 8.78 Å². The minimum atomic E-state index is -0.927. The summed E-state index contributed by atoms with van der Waals surface area (Å²) >= 11 is 0. The van der Waals surface area contributed by atoms with E-state index >= 15 is 0 Å². The van der Waals surface area contributed by atoms with Crippen molar-refractivity contribution in [1.82, 2.24) is 0 Å². The Balaban J connectivity index is 2.36. The summed E-state index contributed by atoms with van der Waals surface area (Å²) < 4.78 is 25.5. The van der Waals surface area contributed by atoms with Crippen molar-refractivity contribution in [3.63, 3.8) is 0 Å². The summed E-state index contributed by atoms with van der Waals surface area (Å²) in [4.78, 5) is 0. The average Bonchev–Trinajstić information content (AvgIpc) is 1.85. The normalized spacial score (nSPS) is 38.5. The van der Waals surface area contributed by atoms with Crippen molar-refractivity contribution < 1.29 is 8.78 Å². The maximum absolute atomic E-state index is 12.7. The number of rotatable bonds is 2. The van der Waals surface area contributed by atoms with E-state index in [2.05, 4.69) is 6.58 Å². The molecule has 1 aliphatic carbocycles. The predicted octanol–water partition coefficient (Wildman–Crippen LogP) is 3.04. The van der Waals surface area contributed by atoms with E-state index in [0.29, 0.717) is 12.8 Å². The van der Waals surface area contributed by atoms with Crippen molar-refractivity contribution in [3.8, 4) is 0 Å². The van der Waals surface area contributed by atoms with E-state index in [1.165, 1.54) is 0 Å².